The van der Waals surface area contributed by atoms with E-state index in [4.69, 9.17) is 24.7 Å². The predicted octanol–water partition coefficient (Wildman–Crippen LogP) is 13.8. The minimum absolute atomic E-state index is 0.127. The summed E-state index contributed by atoms with van der Waals surface area (Å²) < 4.78 is 7.27. The molecule has 87 heavy (non-hydrogen) atoms. The zero-order chi connectivity index (χ0) is 62.8. The maximum absolute atomic E-state index is 12.1. The Hall–Kier alpha value is -9.04. The van der Waals surface area contributed by atoms with E-state index in [9.17, 15) is 49.8 Å². The van der Waals surface area contributed by atoms with E-state index in [2.05, 4.69) is 19.9 Å². The average molecular weight is 1180 g/mol. The van der Waals surface area contributed by atoms with Gasteiger partial charge in [0, 0.05) is 92.1 Å². The summed E-state index contributed by atoms with van der Waals surface area (Å²) in [6, 6.07) is 15.3. The number of fused-ring (bicyclic) bond motifs is 16. The molecule has 4 atom stereocenters. The molecule has 19 heteroatoms. The number of carbonyl (C=O) groups is 4. The standard InChI is InChI=1S/C68H74N8O11/c1-29-41(13-17-61(79)80)53-28-56-44(16-20-64(85)86)32(4)48(72-56)24-59-68(36(8)52(76-59)25-58-65(37(9)77)33(5)49(73-58)21-45(29)69-53)40(12)87-39(11)67-35(7)50-22-46-30(2)42(14-18-62(81)82)54(70-46)27-55-43(15-19-63(83)84)31(3)47(71-55)23-57-66(38(10)78)34(6)51(74-57)26-60(67)75-50/h21-28,37-40,70,73-74,76-78H,13-20H2,1-12H3,(H,79,80)(H,81,82)(H,83,84)(H,85,86). The van der Waals surface area contributed by atoms with E-state index >= 15 is 0 Å². The first-order chi connectivity index (χ1) is 41.2. The van der Waals surface area contributed by atoms with Crippen LogP contribution in [-0.2, 0) is 30.3 Å². The highest BCUT2D eigenvalue weighted by Gasteiger charge is 2.30. The number of rotatable bonds is 18. The zero-order valence-electron chi connectivity index (χ0n) is 51.1. The maximum Gasteiger partial charge on any atom is 0.303 e. The number of aliphatic hydroxyl groups excluding tert-OH is 2. The molecular weight excluding hydrogens is 1100 g/mol. The van der Waals surface area contributed by atoms with Crippen LogP contribution in [0.25, 0.3) is 88.7 Å². The topological polar surface area (TPSA) is 314 Å². The monoisotopic (exact) mass is 1180 g/mol. The van der Waals surface area contributed by atoms with Crippen LogP contribution in [-0.4, -0.2) is 100 Å². The van der Waals surface area contributed by atoms with Crippen LogP contribution in [0.1, 0.15) is 209 Å². The van der Waals surface area contributed by atoms with Crippen LogP contribution in [0, 0.1) is 27.7 Å². The third-order valence-electron chi connectivity index (χ3n) is 17.7. The molecular formula is C68H74N8O11. The summed E-state index contributed by atoms with van der Waals surface area (Å²) >= 11 is 0. The second-order valence-electron chi connectivity index (χ2n) is 23.4. The normalized spacial score (nSPS) is 15.0. The minimum atomic E-state index is -0.965. The average Bonchev–Trinajstić information content (AvgIpc) is 1.74. The Morgan fingerprint density at radius 2 is 0.701 bits per heavy atom. The molecule has 4 unspecified atom stereocenters. The first-order valence-electron chi connectivity index (χ1n) is 29.4. The lowest BCUT2D eigenvalue weighted by Crippen LogP contribution is -2.14. The highest BCUT2D eigenvalue weighted by Crippen LogP contribution is 2.43. The number of aromatic nitrogens is 8. The van der Waals surface area contributed by atoms with Gasteiger partial charge in [0.1, 0.15) is 0 Å². The number of carboxylic acids is 4. The highest BCUT2D eigenvalue weighted by atomic mass is 16.5. The maximum atomic E-state index is 12.1. The number of aliphatic carboxylic acids is 4. The Balaban J connectivity index is 1.18. The van der Waals surface area contributed by atoms with Crippen molar-refractivity contribution in [3.8, 4) is 0 Å². The summed E-state index contributed by atoms with van der Waals surface area (Å²) in [7, 11) is 0. The molecule has 4 aliphatic rings. The summed E-state index contributed by atoms with van der Waals surface area (Å²) in [4.78, 5) is 83.2. The predicted molar refractivity (Wildman–Crippen MR) is 338 cm³/mol. The van der Waals surface area contributed by atoms with Crippen molar-refractivity contribution in [2.75, 3.05) is 0 Å². The third kappa shape index (κ3) is 11.9. The Morgan fingerprint density at radius 1 is 0.379 bits per heavy atom. The minimum Gasteiger partial charge on any atom is -0.481 e. The zero-order valence-corrected chi connectivity index (χ0v) is 51.1. The molecule has 0 fully saturated rings. The van der Waals surface area contributed by atoms with E-state index in [0.29, 0.717) is 95.3 Å². The van der Waals surface area contributed by atoms with Gasteiger partial charge in [0.25, 0.3) is 0 Å². The fourth-order valence-corrected chi connectivity index (χ4v) is 13.0. The molecule has 0 aliphatic carbocycles. The van der Waals surface area contributed by atoms with E-state index < -0.39 is 48.3 Å². The van der Waals surface area contributed by atoms with Gasteiger partial charge >= 0.3 is 23.9 Å². The molecule has 0 saturated carbocycles. The molecule has 0 aromatic carbocycles. The van der Waals surface area contributed by atoms with Crippen molar-refractivity contribution < 1.29 is 54.6 Å². The number of carboxylic acid groups (broad SMARTS) is 4. The lowest BCUT2D eigenvalue weighted by atomic mass is 9.98. The van der Waals surface area contributed by atoms with Crippen molar-refractivity contribution in [1.29, 1.82) is 0 Å². The number of aromatic amines is 4. The lowest BCUT2D eigenvalue weighted by Gasteiger charge is -2.22. The van der Waals surface area contributed by atoms with Gasteiger partial charge in [-0.15, -0.1) is 0 Å². The van der Waals surface area contributed by atoms with Gasteiger partial charge in [-0.05, 0) is 224 Å². The molecule has 10 rings (SSSR count). The number of H-pyrrole nitrogens is 4. The number of ether oxygens (including phenoxy) is 1. The van der Waals surface area contributed by atoms with Gasteiger partial charge in [0.05, 0.1) is 70.0 Å². The molecule has 0 saturated heterocycles. The number of aliphatic hydroxyl groups is 2. The number of hydrogen-bond acceptors (Lipinski definition) is 11. The van der Waals surface area contributed by atoms with Gasteiger partial charge < -0.3 is 55.3 Å². The van der Waals surface area contributed by atoms with Crippen LogP contribution in [0.2, 0.25) is 0 Å². The third-order valence-corrected chi connectivity index (χ3v) is 17.7. The molecule has 10 heterocycles. The van der Waals surface area contributed by atoms with E-state index in [1.54, 1.807) is 13.8 Å². The fraction of sp³-hybridized carbons (Fsp3) is 0.353. The van der Waals surface area contributed by atoms with Crippen molar-refractivity contribution >= 4 is 113 Å². The van der Waals surface area contributed by atoms with Crippen LogP contribution in [0.3, 0.4) is 0 Å². The molecule has 6 aromatic rings. The molecule has 19 nitrogen and oxygen atoms in total. The summed E-state index contributed by atoms with van der Waals surface area (Å²) in [5.74, 6) is -3.83. The number of aryl methyl sites for hydroxylation is 5. The fourth-order valence-electron chi connectivity index (χ4n) is 13.0. The lowest BCUT2D eigenvalue weighted by molar-refractivity contribution is -0.137. The van der Waals surface area contributed by atoms with Gasteiger partial charge in [-0.25, -0.2) is 19.9 Å². The molecule has 0 radical (unpaired) electrons. The van der Waals surface area contributed by atoms with E-state index in [1.807, 2.05) is 118 Å². The van der Waals surface area contributed by atoms with Crippen LogP contribution in [0.4, 0.5) is 0 Å². The molecule has 4 aliphatic heterocycles. The highest BCUT2D eigenvalue weighted by molar-refractivity contribution is 5.99. The first kappa shape index (κ1) is 61.1. The van der Waals surface area contributed by atoms with Crippen LogP contribution < -0.4 is 0 Å². The SMILES string of the molecule is CC1=C(CCC(=O)O)c2cc3nc(cc4[nH]c(cc5[nH]c(cc1n2)c(C)c5C(C)O)c(C)c4C(C)OC(C)C1=C(C)c2cc4[nH]c(cc5nc(cc6[nH]c(cc1n2)c(C)c6C(C)O)C(C)=C5CCC(=O)O)c(CCC(=O)O)c4C)C(C)=C3CCC(=O)O. The Labute approximate surface area is 502 Å². The van der Waals surface area contributed by atoms with Gasteiger partial charge in [-0.1, -0.05) is 0 Å². The summed E-state index contributed by atoms with van der Waals surface area (Å²) in [5, 5.41) is 62.2. The summed E-state index contributed by atoms with van der Waals surface area (Å²) in [6.45, 7) is 22.9. The summed E-state index contributed by atoms with van der Waals surface area (Å²) in [5.41, 5.74) is 22.4. The molecule has 0 spiro atoms. The van der Waals surface area contributed by atoms with E-state index in [1.165, 1.54) is 0 Å². The Bertz CT molecular complexity index is 4420. The van der Waals surface area contributed by atoms with Crippen molar-refractivity contribution in [3.63, 3.8) is 0 Å². The van der Waals surface area contributed by atoms with Crippen molar-refractivity contribution in [1.82, 2.24) is 39.9 Å². The van der Waals surface area contributed by atoms with Gasteiger partial charge in [0.2, 0.25) is 0 Å². The van der Waals surface area contributed by atoms with Gasteiger partial charge in [-0.2, -0.15) is 0 Å². The van der Waals surface area contributed by atoms with Gasteiger partial charge in [0.15, 0.2) is 0 Å². The van der Waals surface area contributed by atoms with Crippen molar-refractivity contribution in [2.45, 2.75) is 159 Å². The Morgan fingerprint density at radius 3 is 1.15 bits per heavy atom. The molecule has 452 valence electrons. The smallest absolute Gasteiger partial charge is 0.303 e. The van der Waals surface area contributed by atoms with Crippen molar-refractivity contribution in [3.05, 3.63) is 139 Å². The first-order valence-corrected chi connectivity index (χ1v) is 29.4. The molecule has 10 N–H and O–H groups in total. The van der Waals surface area contributed by atoms with Gasteiger partial charge in [-0.3, -0.25) is 19.2 Å². The second-order valence-corrected chi connectivity index (χ2v) is 23.4. The van der Waals surface area contributed by atoms with Crippen molar-refractivity contribution in [2.24, 2.45) is 0 Å². The number of hydrogen-bond donors (Lipinski definition) is 10. The quantitative estimate of drug-likeness (QED) is 0.0382. The summed E-state index contributed by atoms with van der Waals surface area (Å²) in [6.07, 6.45) is -2.74. The van der Waals surface area contributed by atoms with E-state index in [-0.39, 0.29) is 51.4 Å². The Kier molecular flexibility index (Phi) is 16.9. The van der Waals surface area contributed by atoms with Crippen LogP contribution in [0.15, 0.2) is 48.5 Å². The number of nitrogens with zero attached hydrogens (tertiary/aromatic N) is 4. The van der Waals surface area contributed by atoms with E-state index in [0.717, 1.165) is 83.5 Å². The molecule has 6 aromatic heterocycles. The van der Waals surface area contributed by atoms with Crippen LogP contribution in [0.5, 0.6) is 0 Å². The number of allylic oxidation sites excluding steroid dienone is 7. The molecule has 16 bridgehead atoms. The molecule has 0 amide bonds. The largest absolute Gasteiger partial charge is 0.481 e. The second kappa shape index (κ2) is 24.0. The number of nitrogens with one attached hydrogen (secondary N) is 4. The van der Waals surface area contributed by atoms with Crippen LogP contribution >= 0.6 is 0 Å².